The van der Waals surface area contributed by atoms with E-state index in [0.717, 1.165) is 0 Å². The first-order chi connectivity index (χ1) is 2.27. The van der Waals surface area contributed by atoms with Gasteiger partial charge >= 0.3 is 5.97 Å². The van der Waals surface area contributed by atoms with E-state index in [0.29, 0.717) is 0 Å². The predicted molar refractivity (Wildman–Crippen MR) is 13.7 cm³/mol. The van der Waals surface area contributed by atoms with Crippen molar-refractivity contribution < 1.29 is 33.3 Å². The van der Waals surface area contributed by atoms with E-state index in [9.17, 15) is 0 Å². The van der Waals surface area contributed by atoms with Gasteiger partial charge in [0.2, 0.25) is 6.29 Å². The van der Waals surface area contributed by atoms with Crippen LogP contribution in [0, 0.1) is 0 Å². The molecule has 0 aromatic rings. The molecule has 33 valence electrons. The van der Waals surface area contributed by atoms with Crippen LogP contribution in [0.3, 0.4) is 0 Å². The second kappa shape index (κ2) is 4.72. The summed E-state index contributed by atoms with van der Waals surface area (Å²) in [5.41, 5.74) is 0. The van der Waals surface area contributed by atoms with Crippen molar-refractivity contribution in [3.05, 3.63) is 0 Å². The van der Waals surface area contributed by atoms with E-state index in [4.69, 9.17) is 14.7 Å². The van der Waals surface area contributed by atoms with E-state index in [1.807, 2.05) is 0 Å². The normalized spacial score (nSPS) is 5.33. The van der Waals surface area contributed by atoms with E-state index < -0.39 is 5.97 Å². The molecule has 0 aliphatic heterocycles. The Balaban J connectivity index is 0. The average molecular weight is 125 g/mol. The Kier molecular flexibility index (Phi) is 7.25. The van der Waals surface area contributed by atoms with Crippen LogP contribution >= 0.6 is 0 Å². The number of carboxylic acids is 1. The largest absolute Gasteiger partial charge is 0.476 e. The third kappa shape index (κ3) is 9.30. The molecule has 6 heavy (non-hydrogen) atoms. The number of carbonyl (C=O) groups excluding carboxylic acids is 1. The molecule has 0 atom stereocenters. The molecule has 0 aromatic heterocycles. The van der Waals surface area contributed by atoms with Gasteiger partial charge in [-0.2, -0.15) is 0 Å². The molecule has 0 saturated carbocycles. The summed E-state index contributed by atoms with van der Waals surface area (Å²) in [5.74, 6) is -1.43. The quantitative estimate of drug-likeness (QED) is 0.371. The summed E-state index contributed by atoms with van der Waals surface area (Å²) in [4.78, 5) is 17.9. The first kappa shape index (κ1) is 9.21. The van der Waals surface area contributed by atoms with Crippen molar-refractivity contribution in [1.82, 2.24) is 0 Å². The van der Waals surface area contributed by atoms with Crippen LogP contribution in [0.1, 0.15) is 0 Å². The van der Waals surface area contributed by atoms with Crippen molar-refractivity contribution in [3.8, 4) is 0 Å². The molecule has 0 saturated heterocycles. The first-order valence-corrected chi connectivity index (χ1v) is 0.952. The zero-order valence-corrected chi connectivity index (χ0v) is 4.18. The van der Waals surface area contributed by atoms with Crippen molar-refractivity contribution >= 4 is 12.3 Å². The number of aliphatic carboxylic acids is 1. The van der Waals surface area contributed by atoms with Crippen LogP contribution in [0.2, 0.25) is 0 Å². The van der Waals surface area contributed by atoms with Crippen molar-refractivity contribution in [3.63, 3.8) is 0 Å². The van der Waals surface area contributed by atoms with Crippen LogP contribution in [0.5, 0.6) is 0 Å². The van der Waals surface area contributed by atoms with Crippen molar-refractivity contribution in [1.29, 1.82) is 0 Å². The summed E-state index contributed by atoms with van der Waals surface area (Å²) in [6.07, 6.45) is -0.167. The standard InChI is InChI=1S/C2H2O3.V/c3-1-2(4)5;/h1H,(H,4,5);. The number of carbonyl (C=O) groups is 2. The fraction of sp³-hybridized carbons (Fsp3) is 0. The molecule has 4 heteroatoms. The summed E-state index contributed by atoms with van der Waals surface area (Å²) in [6, 6.07) is 0. The maximum Gasteiger partial charge on any atom is 0.368 e. The van der Waals surface area contributed by atoms with E-state index in [2.05, 4.69) is 0 Å². The summed E-state index contributed by atoms with van der Waals surface area (Å²) in [7, 11) is 0. The zero-order chi connectivity index (χ0) is 4.28. The summed E-state index contributed by atoms with van der Waals surface area (Å²) in [5, 5.41) is 7.35. The minimum atomic E-state index is -1.43. The second-order valence-corrected chi connectivity index (χ2v) is 0.456. The van der Waals surface area contributed by atoms with Gasteiger partial charge in [-0.15, -0.1) is 0 Å². The van der Waals surface area contributed by atoms with E-state index >= 15 is 0 Å². The van der Waals surface area contributed by atoms with Gasteiger partial charge in [0.05, 0.1) is 0 Å². The van der Waals surface area contributed by atoms with Crippen LogP contribution in [0.4, 0.5) is 0 Å². The van der Waals surface area contributed by atoms with Gasteiger partial charge in [0.25, 0.3) is 0 Å². The summed E-state index contributed by atoms with van der Waals surface area (Å²) < 4.78 is 0. The fourth-order valence-electron chi connectivity index (χ4n) is 0. The molecule has 0 bridgehead atoms. The topological polar surface area (TPSA) is 54.4 Å². The Morgan fingerprint density at radius 1 is 1.67 bits per heavy atom. The molecule has 0 aliphatic carbocycles. The molecule has 0 spiro atoms. The minimum Gasteiger partial charge on any atom is -0.476 e. The molecule has 0 fully saturated rings. The van der Waals surface area contributed by atoms with Gasteiger partial charge in [0.15, 0.2) is 0 Å². The van der Waals surface area contributed by atoms with Gasteiger partial charge in [0, 0.05) is 18.6 Å². The SMILES string of the molecule is O=CC(=O)O.[V]. The Labute approximate surface area is 46.2 Å². The van der Waals surface area contributed by atoms with Crippen molar-refractivity contribution in [2.24, 2.45) is 0 Å². The molecule has 3 nitrogen and oxygen atoms in total. The first-order valence-electron chi connectivity index (χ1n) is 0.952. The van der Waals surface area contributed by atoms with Gasteiger partial charge in [-0.3, -0.25) is 4.79 Å². The van der Waals surface area contributed by atoms with Crippen LogP contribution in [-0.2, 0) is 28.1 Å². The molecular formula is C2H2O3V. The molecule has 0 aliphatic rings. The van der Waals surface area contributed by atoms with Gasteiger partial charge < -0.3 is 5.11 Å². The van der Waals surface area contributed by atoms with Gasteiger partial charge in [-0.05, 0) is 0 Å². The number of aldehydes is 1. The number of hydrogen-bond donors (Lipinski definition) is 1. The van der Waals surface area contributed by atoms with Gasteiger partial charge in [-0.1, -0.05) is 0 Å². The van der Waals surface area contributed by atoms with E-state index in [1.54, 1.807) is 0 Å². The van der Waals surface area contributed by atoms with E-state index in [-0.39, 0.29) is 24.8 Å². The molecule has 0 aromatic carbocycles. The maximum atomic E-state index is 9.00. The summed E-state index contributed by atoms with van der Waals surface area (Å²) >= 11 is 0. The second-order valence-electron chi connectivity index (χ2n) is 0.456. The van der Waals surface area contributed by atoms with Crippen LogP contribution in [-0.4, -0.2) is 17.4 Å². The fourth-order valence-corrected chi connectivity index (χ4v) is 0. The third-order valence-electron chi connectivity index (χ3n) is 0.101. The molecule has 0 unspecified atom stereocenters. The van der Waals surface area contributed by atoms with Gasteiger partial charge in [-0.25, -0.2) is 4.79 Å². The molecule has 1 N–H and O–H groups in total. The Morgan fingerprint density at radius 3 is 1.83 bits per heavy atom. The Hall–Kier alpha value is -0.276. The number of hydrogen-bond acceptors (Lipinski definition) is 2. The monoisotopic (exact) mass is 125 g/mol. The molecule has 0 amide bonds. The smallest absolute Gasteiger partial charge is 0.368 e. The number of rotatable bonds is 1. The number of carboxylic acid groups (broad SMARTS) is 1. The van der Waals surface area contributed by atoms with Crippen LogP contribution in [0.25, 0.3) is 0 Å². The van der Waals surface area contributed by atoms with Crippen LogP contribution < -0.4 is 0 Å². The van der Waals surface area contributed by atoms with Gasteiger partial charge in [0.1, 0.15) is 0 Å². The third-order valence-corrected chi connectivity index (χ3v) is 0.101. The summed E-state index contributed by atoms with van der Waals surface area (Å²) in [6.45, 7) is 0. The molecule has 0 heterocycles. The molecule has 0 rings (SSSR count). The van der Waals surface area contributed by atoms with Crippen LogP contribution in [0.15, 0.2) is 0 Å². The Morgan fingerprint density at radius 2 is 1.83 bits per heavy atom. The van der Waals surface area contributed by atoms with Crippen molar-refractivity contribution in [2.75, 3.05) is 0 Å². The maximum absolute atomic E-state index is 9.00. The Bertz CT molecular complexity index is 59.8. The molecular weight excluding hydrogens is 123 g/mol. The van der Waals surface area contributed by atoms with Crippen molar-refractivity contribution in [2.45, 2.75) is 0 Å². The minimum absolute atomic E-state index is 0. The predicted octanol–water partition coefficient (Wildman–Crippen LogP) is -0.733. The average Bonchev–Trinajstić information content (AvgIpc) is 1.38. The molecule has 1 radical (unpaired) electrons. The van der Waals surface area contributed by atoms with E-state index in [1.165, 1.54) is 0 Å². The zero-order valence-electron chi connectivity index (χ0n) is 2.79.